The molecule has 70 valence electrons. The zero-order valence-corrected chi connectivity index (χ0v) is 8.79. The van der Waals surface area contributed by atoms with Gasteiger partial charge >= 0.3 is 0 Å². The summed E-state index contributed by atoms with van der Waals surface area (Å²) in [6, 6.07) is 7.98. The van der Waals surface area contributed by atoms with Crippen molar-refractivity contribution in [3.8, 4) is 0 Å². The lowest BCUT2D eigenvalue weighted by molar-refractivity contribution is 0.0209. The highest BCUT2D eigenvalue weighted by atomic mass is 79.9. The summed E-state index contributed by atoms with van der Waals surface area (Å²) in [6.45, 7) is 0. The van der Waals surface area contributed by atoms with Gasteiger partial charge in [0.25, 0.3) is 0 Å². The lowest BCUT2D eigenvalue weighted by Gasteiger charge is -2.42. The third-order valence-corrected chi connectivity index (χ3v) is 3.15. The summed E-state index contributed by atoms with van der Waals surface area (Å²) >= 11 is 3.37. The maximum Gasteiger partial charge on any atom is 0.0582 e. The molecule has 0 amide bonds. The molecule has 1 saturated carbocycles. The summed E-state index contributed by atoms with van der Waals surface area (Å²) in [5, 5.41) is 9.21. The predicted octanol–water partition coefficient (Wildman–Crippen LogP) is 1.76. The molecule has 0 atom stereocenters. The predicted molar refractivity (Wildman–Crippen MR) is 55.2 cm³/mol. The number of benzene rings is 1. The monoisotopic (exact) mass is 241 g/mol. The van der Waals surface area contributed by atoms with Crippen LogP contribution in [-0.4, -0.2) is 11.2 Å². The highest BCUT2D eigenvalue weighted by molar-refractivity contribution is 9.10. The number of aliphatic hydroxyl groups is 1. The van der Waals surface area contributed by atoms with Crippen LogP contribution < -0.4 is 5.73 Å². The Morgan fingerprint density at radius 1 is 1.31 bits per heavy atom. The standard InChI is InChI=1S/C10H12BrNO/c11-8-3-1-7(2-4-8)10(12)5-9(13)6-10/h1-4,9,13H,5-6,12H2/t9-,10+. The smallest absolute Gasteiger partial charge is 0.0582 e. The van der Waals surface area contributed by atoms with Crippen LogP contribution in [-0.2, 0) is 5.54 Å². The normalized spacial score (nSPS) is 32.7. The van der Waals surface area contributed by atoms with E-state index in [0.29, 0.717) is 12.8 Å². The summed E-state index contributed by atoms with van der Waals surface area (Å²) in [7, 11) is 0. The highest BCUT2D eigenvalue weighted by Gasteiger charge is 2.41. The lowest BCUT2D eigenvalue weighted by atomic mass is 9.71. The Labute approximate surface area is 85.9 Å². The zero-order valence-electron chi connectivity index (χ0n) is 7.20. The van der Waals surface area contributed by atoms with Gasteiger partial charge in [-0.2, -0.15) is 0 Å². The molecule has 2 nitrogen and oxygen atoms in total. The van der Waals surface area contributed by atoms with Crippen molar-refractivity contribution >= 4 is 15.9 Å². The van der Waals surface area contributed by atoms with Crippen LogP contribution in [0.2, 0.25) is 0 Å². The van der Waals surface area contributed by atoms with Gasteiger partial charge in [0.05, 0.1) is 6.10 Å². The van der Waals surface area contributed by atoms with Crippen molar-refractivity contribution in [2.24, 2.45) is 5.73 Å². The summed E-state index contributed by atoms with van der Waals surface area (Å²) in [5.41, 5.74) is 6.91. The van der Waals surface area contributed by atoms with Crippen molar-refractivity contribution in [2.45, 2.75) is 24.5 Å². The van der Waals surface area contributed by atoms with Crippen LogP contribution in [0.4, 0.5) is 0 Å². The van der Waals surface area contributed by atoms with E-state index in [9.17, 15) is 5.11 Å². The van der Waals surface area contributed by atoms with Gasteiger partial charge in [-0.3, -0.25) is 0 Å². The van der Waals surface area contributed by atoms with Crippen molar-refractivity contribution in [3.63, 3.8) is 0 Å². The number of nitrogens with two attached hydrogens (primary N) is 1. The number of aliphatic hydroxyl groups excluding tert-OH is 1. The molecule has 0 spiro atoms. The van der Waals surface area contributed by atoms with Gasteiger partial charge < -0.3 is 10.8 Å². The van der Waals surface area contributed by atoms with E-state index in [0.717, 1.165) is 10.0 Å². The van der Waals surface area contributed by atoms with Crippen molar-refractivity contribution < 1.29 is 5.11 Å². The molecule has 1 fully saturated rings. The molecule has 0 radical (unpaired) electrons. The quantitative estimate of drug-likeness (QED) is 0.788. The third kappa shape index (κ3) is 1.64. The van der Waals surface area contributed by atoms with Crippen LogP contribution in [0.25, 0.3) is 0 Å². The number of rotatable bonds is 1. The van der Waals surface area contributed by atoms with E-state index < -0.39 is 0 Å². The SMILES string of the molecule is N[C@]1(c2ccc(Br)cc2)C[C@H](O)C1. The first kappa shape index (κ1) is 9.19. The maximum absolute atomic E-state index is 9.21. The average molecular weight is 242 g/mol. The van der Waals surface area contributed by atoms with E-state index in [1.807, 2.05) is 24.3 Å². The minimum absolute atomic E-state index is 0.214. The second kappa shape index (κ2) is 3.08. The fourth-order valence-corrected chi connectivity index (χ4v) is 2.06. The van der Waals surface area contributed by atoms with E-state index in [4.69, 9.17) is 5.73 Å². The molecule has 0 unspecified atom stereocenters. The van der Waals surface area contributed by atoms with Crippen molar-refractivity contribution in [2.75, 3.05) is 0 Å². The summed E-state index contributed by atoms with van der Waals surface area (Å²) in [5.74, 6) is 0. The molecule has 3 N–H and O–H groups in total. The van der Waals surface area contributed by atoms with Crippen molar-refractivity contribution in [1.82, 2.24) is 0 Å². The van der Waals surface area contributed by atoms with E-state index in [1.165, 1.54) is 0 Å². The summed E-state index contributed by atoms with van der Waals surface area (Å²) < 4.78 is 1.06. The maximum atomic E-state index is 9.21. The van der Waals surface area contributed by atoms with Crippen LogP contribution in [0.15, 0.2) is 28.7 Å². The Morgan fingerprint density at radius 2 is 1.85 bits per heavy atom. The molecule has 2 rings (SSSR count). The van der Waals surface area contributed by atoms with Crippen LogP contribution in [0.3, 0.4) is 0 Å². The first-order valence-corrected chi connectivity index (χ1v) is 5.12. The molecule has 0 aliphatic heterocycles. The molecule has 1 aliphatic carbocycles. The second-order valence-corrected chi connectivity index (χ2v) is 4.64. The Morgan fingerprint density at radius 3 is 2.31 bits per heavy atom. The minimum Gasteiger partial charge on any atom is -0.393 e. The highest BCUT2D eigenvalue weighted by Crippen LogP contribution is 2.39. The Bertz CT molecular complexity index is 303. The largest absolute Gasteiger partial charge is 0.393 e. The minimum atomic E-state index is -0.292. The van der Waals surface area contributed by atoms with Gasteiger partial charge in [0, 0.05) is 10.0 Å². The molecule has 0 aromatic heterocycles. The molecule has 0 bridgehead atoms. The van der Waals surface area contributed by atoms with E-state index in [-0.39, 0.29) is 11.6 Å². The van der Waals surface area contributed by atoms with Crippen LogP contribution >= 0.6 is 15.9 Å². The van der Waals surface area contributed by atoms with Gasteiger partial charge in [-0.15, -0.1) is 0 Å². The molecular weight excluding hydrogens is 230 g/mol. The van der Waals surface area contributed by atoms with Crippen LogP contribution in [0.5, 0.6) is 0 Å². The fourth-order valence-electron chi connectivity index (χ4n) is 1.80. The average Bonchev–Trinajstić information content (AvgIpc) is 2.03. The topological polar surface area (TPSA) is 46.2 Å². The molecular formula is C10H12BrNO. The molecule has 0 saturated heterocycles. The summed E-state index contributed by atoms with van der Waals surface area (Å²) in [6.07, 6.45) is 1.14. The van der Waals surface area contributed by atoms with Gasteiger partial charge in [0.15, 0.2) is 0 Å². The van der Waals surface area contributed by atoms with Crippen molar-refractivity contribution in [1.29, 1.82) is 0 Å². The lowest BCUT2D eigenvalue weighted by Crippen LogP contribution is -2.51. The van der Waals surface area contributed by atoms with Gasteiger partial charge in [0.2, 0.25) is 0 Å². The van der Waals surface area contributed by atoms with Crippen LogP contribution in [0.1, 0.15) is 18.4 Å². The van der Waals surface area contributed by atoms with Crippen LogP contribution in [0, 0.1) is 0 Å². The molecule has 0 heterocycles. The van der Waals surface area contributed by atoms with Gasteiger partial charge in [-0.1, -0.05) is 28.1 Å². The van der Waals surface area contributed by atoms with Crippen molar-refractivity contribution in [3.05, 3.63) is 34.3 Å². The number of hydrogen-bond donors (Lipinski definition) is 2. The van der Waals surface area contributed by atoms with E-state index in [2.05, 4.69) is 15.9 Å². The Kier molecular flexibility index (Phi) is 2.18. The first-order valence-electron chi connectivity index (χ1n) is 4.33. The Hall–Kier alpha value is -0.380. The molecule has 1 aliphatic rings. The third-order valence-electron chi connectivity index (χ3n) is 2.62. The fraction of sp³-hybridized carbons (Fsp3) is 0.400. The van der Waals surface area contributed by atoms with E-state index in [1.54, 1.807) is 0 Å². The summed E-state index contributed by atoms with van der Waals surface area (Å²) in [4.78, 5) is 0. The Balaban J connectivity index is 2.22. The molecule has 13 heavy (non-hydrogen) atoms. The first-order chi connectivity index (χ1) is 6.10. The van der Waals surface area contributed by atoms with Gasteiger partial charge in [0.1, 0.15) is 0 Å². The zero-order chi connectivity index (χ0) is 9.47. The van der Waals surface area contributed by atoms with Gasteiger partial charge in [-0.05, 0) is 30.5 Å². The molecule has 1 aromatic rings. The molecule has 1 aromatic carbocycles. The van der Waals surface area contributed by atoms with E-state index >= 15 is 0 Å². The molecule has 3 heteroatoms. The van der Waals surface area contributed by atoms with Gasteiger partial charge in [-0.25, -0.2) is 0 Å². The number of halogens is 1. The second-order valence-electron chi connectivity index (χ2n) is 3.73. The number of hydrogen-bond acceptors (Lipinski definition) is 2.